The molecule has 0 aliphatic heterocycles. The summed E-state index contributed by atoms with van der Waals surface area (Å²) < 4.78 is 38.9. The van der Waals surface area contributed by atoms with Gasteiger partial charge in [0, 0.05) is 19.2 Å². The van der Waals surface area contributed by atoms with Crippen LogP contribution in [-0.4, -0.2) is 43.5 Å². The number of carbonyl (C=O) groups is 1. The lowest BCUT2D eigenvalue weighted by atomic mass is 10.0. The van der Waals surface area contributed by atoms with Crippen molar-refractivity contribution in [1.82, 2.24) is 15.1 Å². The van der Waals surface area contributed by atoms with Crippen LogP contribution in [0.1, 0.15) is 27.8 Å². The number of benzene rings is 1. The summed E-state index contributed by atoms with van der Waals surface area (Å²) in [5.74, 6) is -1.06. The van der Waals surface area contributed by atoms with E-state index in [0.717, 1.165) is 19.2 Å². The van der Waals surface area contributed by atoms with E-state index in [9.17, 15) is 38.3 Å². The van der Waals surface area contributed by atoms with Crippen molar-refractivity contribution in [3.8, 4) is 0 Å². The normalized spacial score (nSPS) is 13.8. The number of nitrogens with zero attached hydrogens (tertiary/aromatic N) is 3. The van der Waals surface area contributed by atoms with E-state index in [0.29, 0.717) is 4.68 Å². The predicted octanol–water partition coefficient (Wildman–Crippen LogP) is 1.93. The molecule has 1 aromatic heterocycles. The first kappa shape index (κ1) is 21.8. The smallest absolute Gasteiger partial charge is 0.394 e. The van der Waals surface area contributed by atoms with Crippen molar-refractivity contribution >= 4 is 27.5 Å². The molecule has 2 rings (SSSR count). The molecule has 1 heterocycles. The lowest BCUT2D eigenvalue weighted by Crippen LogP contribution is -2.42. The SMILES string of the molecule is Cn1nc(C(=O)NC(CO)C(O)c2ccc([N+](=O)[O-])cc2)c(Br)c1C(F)(F)F. The van der Waals surface area contributed by atoms with Gasteiger partial charge in [0.25, 0.3) is 11.6 Å². The molecule has 2 aromatic rings. The van der Waals surface area contributed by atoms with Gasteiger partial charge in [-0.2, -0.15) is 18.3 Å². The van der Waals surface area contributed by atoms with Gasteiger partial charge in [-0.25, -0.2) is 0 Å². The quantitative estimate of drug-likeness (QED) is 0.440. The van der Waals surface area contributed by atoms with Crippen LogP contribution in [0.15, 0.2) is 28.7 Å². The number of nitro benzene ring substituents is 1. The molecule has 3 N–H and O–H groups in total. The number of halogens is 4. The summed E-state index contributed by atoms with van der Waals surface area (Å²) in [6, 6.07) is 3.42. The van der Waals surface area contributed by atoms with Crippen molar-refractivity contribution in [2.24, 2.45) is 7.05 Å². The summed E-state index contributed by atoms with van der Waals surface area (Å²) in [5, 5.41) is 36.1. The van der Waals surface area contributed by atoms with Crippen LogP contribution >= 0.6 is 15.9 Å². The van der Waals surface area contributed by atoms with Gasteiger partial charge in [-0.1, -0.05) is 0 Å². The molecule has 9 nitrogen and oxygen atoms in total. The van der Waals surface area contributed by atoms with Crippen molar-refractivity contribution in [3.05, 3.63) is 55.8 Å². The molecule has 0 spiro atoms. The Kier molecular flexibility index (Phi) is 6.41. The number of nitro groups is 1. The second kappa shape index (κ2) is 8.24. The highest BCUT2D eigenvalue weighted by Gasteiger charge is 2.40. The van der Waals surface area contributed by atoms with Crippen LogP contribution in [0.4, 0.5) is 18.9 Å². The Balaban J connectivity index is 2.22. The van der Waals surface area contributed by atoms with Gasteiger partial charge in [-0.05, 0) is 33.6 Å². The number of aromatic nitrogens is 2. The molecule has 0 fully saturated rings. The largest absolute Gasteiger partial charge is 0.434 e. The fourth-order valence-corrected chi connectivity index (χ4v) is 3.18. The van der Waals surface area contributed by atoms with Crippen LogP contribution in [-0.2, 0) is 13.2 Å². The highest BCUT2D eigenvalue weighted by molar-refractivity contribution is 9.10. The number of carbonyl (C=O) groups excluding carboxylic acids is 1. The van der Waals surface area contributed by atoms with Gasteiger partial charge in [-0.15, -0.1) is 0 Å². The average molecular weight is 467 g/mol. The van der Waals surface area contributed by atoms with Gasteiger partial charge < -0.3 is 15.5 Å². The molecule has 2 unspecified atom stereocenters. The van der Waals surface area contributed by atoms with Gasteiger partial charge in [0.05, 0.1) is 22.0 Å². The van der Waals surface area contributed by atoms with Gasteiger partial charge in [0.15, 0.2) is 11.4 Å². The molecular formula is C15H14BrF3N4O5. The highest BCUT2D eigenvalue weighted by atomic mass is 79.9. The van der Waals surface area contributed by atoms with E-state index in [4.69, 9.17) is 0 Å². The third-order valence-electron chi connectivity index (χ3n) is 3.81. The second-order valence-electron chi connectivity index (χ2n) is 5.69. The lowest BCUT2D eigenvalue weighted by molar-refractivity contribution is -0.384. The van der Waals surface area contributed by atoms with Gasteiger partial charge in [-0.3, -0.25) is 19.6 Å². The monoisotopic (exact) mass is 466 g/mol. The topological polar surface area (TPSA) is 131 Å². The summed E-state index contributed by atoms with van der Waals surface area (Å²) >= 11 is 2.70. The lowest BCUT2D eigenvalue weighted by Gasteiger charge is -2.22. The zero-order valence-electron chi connectivity index (χ0n) is 14.1. The Morgan fingerprint density at radius 1 is 1.39 bits per heavy atom. The van der Waals surface area contributed by atoms with Crippen LogP contribution in [0.3, 0.4) is 0 Å². The molecule has 0 saturated carbocycles. The standard InChI is InChI=1S/C15H14BrF3N4O5/c1-22-13(15(17,18)19)10(16)11(21-22)14(26)20-9(6-24)12(25)7-2-4-8(5-3-7)23(27)28/h2-5,9,12,24-25H,6H2,1H3,(H,20,26). The van der Waals surface area contributed by atoms with E-state index in [2.05, 4.69) is 26.3 Å². The number of alkyl halides is 3. The molecule has 2 atom stereocenters. The third kappa shape index (κ3) is 4.48. The maximum atomic E-state index is 13.0. The third-order valence-corrected chi connectivity index (χ3v) is 4.56. The molecular weight excluding hydrogens is 453 g/mol. The van der Waals surface area contributed by atoms with Gasteiger partial charge in [0.2, 0.25) is 0 Å². The molecule has 152 valence electrons. The van der Waals surface area contributed by atoms with E-state index in [-0.39, 0.29) is 11.3 Å². The van der Waals surface area contributed by atoms with Crippen LogP contribution in [0.25, 0.3) is 0 Å². The minimum absolute atomic E-state index is 0.154. The van der Waals surface area contributed by atoms with Crippen LogP contribution in [0, 0.1) is 10.1 Å². The first-order valence-electron chi connectivity index (χ1n) is 7.61. The van der Waals surface area contributed by atoms with E-state index in [1.54, 1.807) is 0 Å². The minimum atomic E-state index is -4.76. The number of nitrogens with one attached hydrogen (secondary N) is 1. The predicted molar refractivity (Wildman–Crippen MR) is 92.3 cm³/mol. The Bertz CT molecular complexity index is 885. The Labute approximate surface area is 164 Å². The number of non-ortho nitro benzene ring substituents is 1. The summed E-state index contributed by atoms with van der Waals surface area (Å²) in [6.45, 7) is -0.750. The summed E-state index contributed by atoms with van der Waals surface area (Å²) in [6.07, 6.45) is -6.23. The van der Waals surface area contributed by atoms with Gasteiger partial charge in [0.1, 0.15) is 6.10 Å². The zero-order valence-corrected chi connectivity index (χ0v) is 15.7. The fourth-order valence-electron chi connectivity index (χ4n) is 2.44. The van der Waals surface area contributed by atoms with Crippen molar-refractivity contribution in [2.45, 2.75) is 18.3 Å². The molecule has 0 radical (unpaired) electrons. The number of hydrogen-bond acceptors (Lipinski definition) is 6. The molecule has 1 aromatic carbocycles. The summed E-state index contributed by atoms with van der Waals surface area (Å²) in [7, 11) is 1.01. The first-order chi connectivity index (χ1) is 13.0. The summed E-state index contributed by atoms with van der Waals surface area (Å²) in [5.41, 5.74) is -1.82. The van der Waals surface area contributed by atoms with E-state index in [1.165, 1.54) is 12.1 Å². The number of hydrogen-bond donors (Lipinski definition) is 3. The highest BCUT2D eigenvalue weighted by Crippen LogP contribution is 2.36. The minimum Gasteiger partial charge on any atom is -0.394 e. The number of aryl methyl sites for hydroxylation is 1. The maximum Gasteiger partial charge on any atom is 0.434 e. The maximum absolute atomic E-state index is 13.0. The molecule has 0 aliphatic rings. The molecule has 0 aliphatic carbocycles. The number of amides is 1. The number of aliphatic hydroxyl groups is 2. The summed E-state index contributed by atoms with van der Waals surface area (Å²) in [4.78, 5) is 22.3. The second-order valence-corrected chi connectivity index (χ2v) is 6.48. The van der Waals surface area contributed by atoms with Crippen molar-refractivity contribution in [1.29, 1.82) is 0 Å². The van der Waals surface area contributed by atoms with E-state index < -0.39 is 51.6 Å². The Hall–Kier alpha value is -2.51. The molecule has 28 heavy (non-hydrogen) atoms. The molecule has 13 heteroatoms. The van der Waals surface area contributed by atoms with Crippen LogP contribution in [0.5, 0.6) is 0 Å². The fraction of sp³-hybridized carbons (Fsp3) is 0.333. The van der Waals surface area contributed by atoms with Crippen molar-refractivity contribution in [3.63, 3.8) is 0 Å². The van der Waals surface area contributed by atoms with Crippen LogP contribution < -0.4 is 5.32 Å². The first-order valence-corrected chi connectivity index (χ1v) is 8.40. The van der Waals surface area contributed by atoms with E-state index in [1.807, 2.05) is 0 Å². The molecule has 1 amide bonds. The number of rotatable bonds is 6. The Morgan fingerprint density at radius 2 is 1.96 bits per heavy atom. The van der Waals surface area contributed by atoms with Crippen molar-refractivity contribution < 1.29 is 33.1 Å². The van der Waals surface area contributed by atoms with Crippen molar-refractivity contribution in [2.75, 3.05) is 6.61 Å². The average Bonchev–Trinajstić information content (AvgIpc) is 2.93. The molecule has 0 bridgehead atoms. The Morgan fingerprint density at radius 3 is 2.39 bits per heavy atom. The van der Waals surface area contributed by atoms with Crippen LogP contribution in [0.2, 0.25) is 0 Å². The van der Waals surface area contributed by atoms with Gasteiger partial charge >= 0.3 is 6.18 Å². The number of aliphatic hydroxyl groups excluding tert-OH is 2. The zero-order chi connectivity index (χ0) is 21.2. The molecule has 0 saturated heterocycles. The van der Waals surface area contributed by atoms with E-state index >= 15 is 0 Å².